The standard InChI is InChI=1S/C13H18ClN3O3S/c1-17(10-4-5-21(19,20)8-10)7-13(18)16-12-3-2-9(15)6-11(12)14/h2-3,6,10H,4-5,7-8,15H2,1H3,(H,16,18). The number of nitrogen functional groups attached to an aromatic ring is 1. The molecule has 1 aliphatic rings. The van der Waals surface area contributed by atoms with Crippen molar-refractivity contribution in [1.29, 1.82) is 0 Å². The molecule has 1 aromatic carbocycles. The highest BCUT2D eigenvalue weighted by Crippen LogP contribution is 2.24. The molecule has 1 heterocycles. The Morgan fingerprint density at radius 1 is 1.52 bits per heavy atom. The number of carbonyl (C=O) groups excluding carboxylic acids is 1. The van der Waals surface area contributed by atoms with E-state index in [2.05, 4.69) is 5.32 Å². The summed E-state index contributed by atoms with van der Waals surface area (Å²) in [5, 5.41) is 3.06. The summed E-state index contributed by atoms with van der Waals surface area (Å²) in [4.78, 5) is 13.7. The molecule has 0 bridgehead atoms. The molecule has 1 atom stereocenters. The summed E-state index contributed by atoms with van der Waals surface area (Å²) in [5.74, 6) is 0.0563. The van der Waals surface area contributed by atoms with E-state index in [4.69, 9.17) is 17.3 Å². The van der Waals surface area contributed by atoms with E-state index in [-0.39, 0.29) is 30.0 Å². The van der Waals surface area contributed by atoms with Gasteiger partial charge in [-0.15, -0.1) is 0 Å². The highest BCUT2D eigenvalue weighted by Gasteiger charge is 2.31. The Hall–Kier alpha value is -1.31. The van der Waals surface area contributed by atoms with Crippen LogP contribution in [-0.2, 0) is 14.6 Å². The molecule has 21 heavy (non-hydrogen) atoms. The molecule has 0 saturated carbocycles. The van der Waals surface area contributed by atoms with Gasteiger partial charge in [-0.25, -0.2) is 8.42 Å². The zero-order chi connectivity index (χ0) is 15.6. The molecule has 1 unspecified atom stereocenters. The molecule has 2 rings (SSSR count). The van der Waals surface area contributed by atoms with Gasteiger partial charge < -0.3 is 11.1 Å². The van der Waals surface area contributed by atoms with Crippen LogP contribution in [0.3, 0.4) is 0 Å². The number of benzene rings is 1. The van der Waals surface area contributed by atoms with Crippen molar-refractivity contribution in [2.45, 2.75) is 12.5 Å². The molecule has 116 valence electrons. The number of sulfone groups is 1. The van der Waals surface area contributed by atoms with Crippen LogP contribution in [0.5, 0.6) is 0 Å². The number of nitrogens with one attached hydrogen (secondary N) is 1. The zero-order valence-electron chi connectivity index (χ0n) is 11.7. The second-order valence-corrected chi connectivity index (χ2v) is 7.90. The van der Waals surface area contributed by atoms with Crippen LogP contribution in [0, 0.1) is 0 Å². The lowest BCUT2D eigenvalue weighted by molar-refractivity contribution is -0.117. The van der Waals surface area contributed by atoms with Gasteiger partial charge in [0.05, 0.1) is 28.8 Å². The Morgan fingerprint density at radius 2 is 2.24 bits per heavy atom. The van der Waals surface area contributed by atoms with Crippen LogP contribution < -0.4 is 11.1 Å². The molecular weight excluding hydrogens is 314 g/mol. The number of hydrogen-bond donors (Lipinski definition) is 2. The molecule has 3 N–H and O–H groups in total. The first-order chi connectivity index (χ1) is 9.77. The molecule has 0 aromatic heterocycles. The number of hydrogen-bond acceptors (Lipinski definition) is 5. The number of nitrogens with zero attached hydrogens (tertiary/aromatic N) is 1. The molecule has 1 aliphatic heterocycles. The molecule has 0 aliphatic carbocycles. The average Bonchev–Trinajstić information content (AvgIpc) is 2.73. The summed E-state index contributed by atoms with van der Waals surface area (Å²) in [6, 6.07) is 4.73. The fraction of sp³-hybridized carbons (Fsp3) is 0.462. The Balaban J connectivity index is 1.92. The Labute approximate surface area is 129 Å². The van der Waals surface area contributed by atoms with E-state index >= 15 is 0 Å². The maximum atomic E-state index is 12.0. The lowest BCUT2D eigenvalue weighted by Gasteiger charge is -2.22. The van der Waals surface area contributed by atoms with Gasteiger partial charge in [0.1, 0.15) is 0 Å². The summed E-state index contributed by atoms with van der Waals surface area (Å²) in [5.41, 5.74) is 6.59. The minimum Gasteiger partial charge on any atom is -0.399 e. The quantitative estimate of drug-likeness (QED) is 0.802. The van der Waals surface area contributed by atoms with Crippen LogP contribution in [0.4, 0.5) is 11.4 Å². The number of halogens is 1. The van der Waals surface area contributed by atoms with E-state index in [0.29, 0.717) is 22.8 Å². The highest BCUT2D eigenvalue weighted by molar-refractivity contribution is 7.91. The molecular formula is C13H18ClN3O3S. The first-order valence-electron chi connectivity index (χ1n) is 6.52. The molecule has 8 heteroatoms. The number of carbonyl (C=O) groups is 1. The maximum absolute atomic E-state index is 12.0. The van der Waals surface area contributed by atoms with E-state index in [1.165, 1.54) is 0 Å². The smallest absolute Gasteiger partial charge is 0.238 e. The summed E-state index contributed by atoms with van der Waals surface area (Å²) >= 11 is 5.99. The Bertz CT molecular complexity index is 648. The lowest BCUT2D eigenvalue weighted by Crippen LogP contribution is -2.38. The van der Waals surface area contributed by atoms with E-state index in [0.717, 1.165) is 0 Å². The summed E-state index contributed by atoms with van der Waals surface area (Å²) in [7, 11) is -1.21. The van der Waals surface area contributed by atoms with E-state index in [9.17, 15) is 13.2 Å². The summed E-state index contributed by atoms with van der Waals surface area (Å²) in [6.07, 6.45) is 0.564. The molecule has 1 fully saturated rings. The Kier molecular flexibility index (Phi) is 4.75. The third-order valence-corrected chi connectivity index (χ3v) is 5.56. The minimum absolute atomic E-state index is 0.109. The second kappa shape index (κ2) is 6.21. The molecule has 6 nitrogen and oxygen atoms in total. The number of nitrogens with two attached hydrogens (primary N) is 1. The number of rotatable bonds is 4. The van der Waals surface area contributed by atoms with Crippen molar-refractivity contribution in [2.24, 2.45) is 0 Å². The van der Waals surface area contributed by atoms with Crippen LogP contribution in [0.2, 0.25) is 5.02 Å². The number of likely N-dealkylation sites (N-methyl/N-ethyl adjacent to an activating group) is 1. The topological polar surface area (TPSA) is 92.5 Å². The van der Waals surface area contributed by atoms with Crippen molar-refractivity contribution in [3.8, 4) is 0 Å². The van der Waals surface area contributed by atoms with Gasteiger partial charge in [-0.05, 0) is 31.7 Å². The molecule has 1 aromatic rings. The first kappa shape index (κ1) is 16.1. The van der Waals surface area contributed by atoms with Crippen LogP contribution in [0.1, 0.15) is 6.42 Å². The van der Waals surface area contributed by atoms with Gasteiger partial charge in [-0.1, -0.05) is 11.6 Å². The van der Waals surface area contributed by atoms with Crippen LogP contribution >= 0.6 is 11.6 Å². The van der Waals surface area contributed by atoms with Gasteiger partial charge in [0.15, 0.2) is 9.84 Å². The van der Waals surface area contributed by atoms with Gasteiger partial charge >= 0.3 is 0 Å². The third kappa shape index (κ3) is 4.33. The lowest BCUT2D eigenvalue weighted by atomic mass is 10.2. The third-order valence-electron chi connectivity index (χ3n) is 3.49. The fourth-order valence-electron chi connectivity index (χ4n) is 2.30. The van der Waals surface area contributed by atoms with Gasteiger partial charge in [0.25, 0.3) is 0 Å². The normalized spacial score (nSPS) is 20.6. The van der Waals surface area contributed by atoms with Crippen molar-refractivity contribution in [2.75, 3.05) is 36.1 Å². The SMILES string of the molecule is CN(CC(=O)Nc1ccc(N)cc1Cl)C1CCS(=O)(=O)C1. The van der Waals surface area contributed by atoms with E-state index in [1.54, 1.807) is 30.1 Å². The Morgan fingerprint density at radius 3 is 2.81 bits per heavy atom. The van der Waals surface area contributed by atoms with Crippen molar-refractivity contribution in [3.63, 3.8) is 0 Å². The van der Waals surface area contributed by atoms with Crippen molar-refractivity contribution in [3.05, 3.63) is 23.2 Å². The van der Waals surface area contributed by atoms with Crippen molar-refractivity contribution in [1.82, 2.24) is 4.90 Å². The summed E-state index contributed by atoms with van der Waals surface area (Å²) < 4.78 is 22.9. The van der Waals surface area contributed by atoms with Crippen LogP contribution in [0.25, 0.3) is 0 Å². The first-order valence-corrected chi connectivity index (χ1v) is 8.72. The van der Waals surface area contributed by atoms with Gasteiger partial charge in [0.2, 0.25) is 5.91 Å². The average molecular weight is 332 g/mol. The van der Waals surface area contributed by atoms with Gasteiger partial charge in [-0.2, -0.15) is 0 Å². The zero-order valence-corrected chi connectivity index (χ0v) is 13.2. The fourth-order valence-corrected chi connectivity index (χ4v) is 4.34. The molecule has 0 radical (unpaired) electrons. The van der Waals surface area contributed by atoms with Crippen molar-refractivity contribution >= 4 is 38.7 Å². The predicted molar refractivity (Wildman–Crippen MR) is 84.2 cm³/mol. The minimum atomic E-state index is -2.96. The van der Waals surface area contributed by atoms with Crippen LogP contribution in [0.15, 0.2) is 18.2 Å². The molecule has 0 spiro atoms. The van der Waals surface area contributed by atoms with E-state index in [1.807, 2.05) is 0 Å². The van der Waals surface area contributed by atoms with Gasteiger partial charge in [-0.3, -0.25) is 9.69 Å². The highest BCUT2D eigenvalue weighted by atomic mass is 35.5. The molecule has 1 amide bonds. The second-order valence-electron chi connectivity index (χ2n) is 5.26. The number of anilines is 2. The van der Waals surface area contributed by atoms with Crippen molar-refractivity contribution < 1.29 is 13.2 Å². The predicted octanol–water partition coefficient (Wildman–Crippen LogP) is 0.980. The van der Waals surface area contributed by atoms with E-state index < -0.39 is 9.84 Å². The van der Waals surface area contributed by atoms with Gasteiger partial charge in [0, 0.05) is 11.7 Å². The monoisotopic (exact) mass is 331 g/mol. The summed E-state index contributed by atoms with van der Waals surface area (Å²) in [6.45, 7) is 0.112. The van der Waals surface area contributed by atoms with Crippen LogP contribution in [-0.4, -0.2) is 50.4 Å². The largest absolute Gasteiger partial charge is 0.399 e. The molecule has 1 saturated heterocycles. The number of amides is 1. The maximum Gasteiger partial charge on any atom is 0.238 e.